The average Bonchev–Trinajstić information content (AvgIpc) is 3.08. The molecular weight excluding hydrogens is 320 g/mol. The van der Waals surface area contributed by atoms with E-state index < -0.39 is 0 Å². The molecule has 4 heterocycles. The molecular formula is C16H24N8O. The van der Waals surface area contributed by atoms with E-state index in [2.05, 4.69) is 47.2 Å². The Bertz CT molecular complexity index is 674. The highest BCUT2D eigenvalue weighted by Gasteiger charge is 2.20. The molecule has 0 unspecified atom stereocenters. The summed E-state index contributed by atoms with van der Waals surface area (Å²) in [6.07, 6.45) is 1.75. The van der Waals surface area contributed by atoms with Crippen LogP contribution in [-0.2, 0) is 18.3 Å². The molecule has 0 spiro atoms. The Morgan fingerprint density at radius 1 is 0.880 bits per heavy atom. The first-order valence-corrected chi connectivity index (χ1v) is 8.76. The molecule has 0 aromatic carbocycles. The minimum absolute atomic E-state index is 0.761. The SMILES string of the molecule is Cn1cnnc1CN1CCN(c2ccc(N3CCOCC3)nn2)CC1. The summed E-state index contributed by atoms with van der Waals surface area (Å²) in [7, 11) is 1.98. The maximum absolute atomic E-state index is 5.38. The zero-order valence-corrected chi connectivity index (χ0v) is 14.6. The van der Waals surface area contributed by atoms with Gasteiger partial charge >= 0.3 is 0 Å². The fourth-order valence-electron chi connectivity index (χ4n) is 3.23. The number of nitrogens with zero attached hydrogens (tertiary/aromatic N) is 8. The maximum atomic E-state index is 5.38. The zero-order valence-electron chi connectivity index (χ0n) is 14.6. The number of rotatable bonds is 4. The van der Waals surface area contributed by atoms with Crippen LogP contribution in [0.5, 0.6) is 0 Å². The van der Waals surface area contributed by atoms with Gasteiger partial charge in [0.25, 0.3) is 0 Å². The van der Waals surface area contributed by atoms with Crippen LogP contribution in [0.2, 0.25) is 0 Å². The van der Waals surface area contributed by atoms with Crippen molar-refractivity contribution in [1.82, 2.24) is 29.9 Å². The average molecular weight is 344 g/mol. The van der Waals surface area contributed by atoms with Gasteiger partial charge in [-0.25, -0.2) is 0 Å². The minimum Gasteiger partial charge on any atom is -0.378 e. The predicted molar refractivity (Wildman–Crippen MR) is 93.6 cm³/mol. The van der Waals surface area contributed by atoms with Crippen LogP contribution in [0.15, 0.2) is 18.5 Å². The van der Waals surface area contributed by atoms with Crippen molar-refractivity contribution < 1.29 is 4.74 Å². The quantitative estimate of drug-likeness (QED) is 0.753. The van der Waals surface area contributed by atoms with E-state index in [4.69, 9.17) is 4.74 Å². The van der Waals surface area contributed by atoms with Gasteiger partial charge in [0, 0.05) is 46.3 Å². The summed E-state index contributed by atoms with van der Waals surface area (Å²) < 4.78 is 7.36. The third kappa shape index (κ3) is 3.72. The molecule has 2 aliphatic rings. The number of piperazine rings is 1. The van der Waals surface area contributed by atoms with Crippen LogP contribution in [-0.4, -0.2) is 82.3 Å². The number of morpholine rings is 1. The van der Waals surface area contributed by atoms with Crippen LogP contribution >= 0.6 is 0 Å². The summed E-state index contributed by atoms with van der Waals surface area (Å²) >= 11 is 0. The Morgan fingerprint density at radius 3 is 2.08 bits per heavy atom. The molecule has 2 aromatic heterocycles. The minimum atomic E-state index is 0.761. The van der Waals surface area contributed by atoms with Crippen LogP contribution in [0.4, 0.5) is 11.6 Å². The van der Waals surface area contributed by atoms with Crippen molar-refractivity contribution in [2.24, 2.45) is 7.05 Å². The zero-order chi connectivity index (χ0) is 17.1. The van der Waals surface area contributed by atoms with E-state index in [0.29, 0.717) is 0 Å². The van der Waals surface area contributed by atoms with Crippen LogP contribution in [0.1, 0.15) is 5.82 Å². The van der Waals surface area contributed by atoms with E-state index in [1.807, 2.05) is 11.6 Å². The maximum Gasteiger partial charge on any atom is 0.151 e. The van der Waals surface area contributed by atoms with Crippen molar-refractivity contribution in [1.29, 1.82) is 0 Å². The van der Waals surface area contributed by atoms with Gasteiger partial charge in [0.2, 0.25) is 0 Å². The topological polar surface area (TPSA) is 75.4 Å². The van der Waals surface area contributed by atoms with Crippen molar-refractivity contribution in [2.45, 2.75) is 6.54 Å². The molecule has 0 amide bonds. The lowest BCUT2D eigenvalue weighted by atomic mass is 10.3. The third-order valence-electron chi connectivity index (χ3n) is 4.84. The van der Waals surface area contributed by atoms with E-state index in [-0.39, 0.29) is 0 Å². The van der Waals surface area contributed by atoms with Crippen LogP contribution < -0.4 is 9.80 Å². The van der Waals surface area contributed by atoms with Gasteiger partial charge in [-0.05, 0) is 12.1 Å². The van der Waals surface area contributed by atoms with Crippen molar-refractivity contribution in [2.75, 3.05) is 62.3 Å². The number of aryl methyl sites for hydroxylation is 1. The van der Waals surface area contributed by atoms with Gasteiger partial charge in [-0.15, -0.1) is 20.4 Å². The molecule has 2 fully saturated rings. The summed E-state index contributed by atoms with van der Waals surface area (Å²) in [4.78, 5) is 6.92. The Labute approximate surface area is 147 Å². The monoisotopic (exact) mass is 344 g/mol. The van der Waals surface area contributed by atoms with Crippen LogP contribution in [0.3, 0.4) is 0 Å². The van der Waals surface area contributed by atoms with Crippen LogP contribution in [0.25, 0.3) is 0 Å². The molecule has 0 N–H and O–H groups in total. The fraction of sp³-hybridized carbons (Fsp3) is 0.625. The first-order valence-electron chi connectivity index (χ1n) is 8.76. The van der Waals surface area contributed by atoms with Crippen molar-refractivity contribution in [3.05, 3.63) is 24.3 Å². The highest BCUT2D eigenvalue weighted by atomic mass is 16.5. The molecule has 0 atom stereocenters. The van der Waals surface area contributed by atoms with Gasteiger partial charge in [-0.1, -0.05) is 0 Å². The molecule has 2 aromatic rings. The van der Waals surface area contributed by atoms with E-state index >= 15 is 0 Å². The number of hydrogen-bond donors (Lipinski definition) is 0. The second-order valence-corrected chi connectivity index (χ2v) is 6.47. The lowest BCUT2D eigenvalue weighted by molar-refractivity contribution is 0.122. The largest absolute Gasteiger partial charge is 0.378 e. The van der Waals surface area contributed by atoms with Gasteiger partial charge in [0.1, 0.15) is 12.2 Å². The molecule has 0 saturated carbocycles. The molecule has 0 radical (unpaired) electrons. The summed E-state index contributed by atoms with van der Waals surface area (Å²) in [5.41, 5.74) is 0. The van der Waals surface area contributed by atoms with Crippen molar-refractivity contribution in [3.8, 4) is 0 Å². The normalized spacial score (nSPS) is 19.4. The molecule has 0 bridgehead atoms. The van der Waals surface area contributed by atoms with E-state index in [9.17, 15) is 0 Å². The molecule has 2 aliphatic heterocycles. The van der Waals surface area contributed by atoms with Gasteiger partial charge < -0.3 is 19.1 Å². The lowest BCUT2D eigenvalue weighted by Crippen LogP contribution is -2.46. The molecule has 0 aliphatic carbocycles. The third-order valence-corrected chi connectivity index (χ3v) is 4.84. The Kier molecular flexibility index (Phi) is 4.75. The standard InChI is InChI=1S/C16H24N8O/c1-21-13-17-18-16(21)12-22-4-6-23(7-5-22)14-2-3-15(20-19-14)24-8-10-25-11-9-24/h2-3,13H,4-12H2,1H3. The van der Waals surface area contributed by atoms with Gasteiger partial charge in [-0.2, -0.15) is 0 Å². The highest BCUT2D eigenvalue weighted by molar-refractivity contribution is 5.45. The Morgan fingerprint density at radius 2 is 1.52 bits per heavy atom. The predicted octanol–water partition coefficient (Wildman–Crippen LogP) is -0.236. The van der Waals surface area contributed by atoms with E-state index in [0.717, 1.165) is 76.5 Å². The number of hydrogen-bond acceptors (Lipinski definition) is 8. The Balaban J connectivity index is 1.32. The summed E-state index contributed by atoms with van der Waals surface area (Å²) in [5, 5.41) is 17.0. The molecule has 4 rings (SSSR count). The van der Waals surface area contributed by atoms with Crippen molar-refractivity contribution >= 4 is 11.6 Å². The first kappa shape index (κ1) is 16.2. The number of aromatic nitrogens is 5. The van der Waals surface area contributed by atoms with Crippen LogP contribution in [0, 0.1) is 0 Å². The number of ether oxygens (including phenoxy) is 1. The summed E-state index contributed by atoms with van der Waals surface area (Å²) in [6.45, 7) is 8.00. The highest BCUT2D eigenvalue weighted by Crippen LogP contribution is 2.17. The van der Waals surface area contributed by atoms with Crippen molar-refractivity contribution in [3.63, 3.8) is 0 Å². The molecule has 9 heteroatoms. The first-order chi connectivity index (χ1) is 12.3. The summed E-state index contributed by atoms with van der Waals surface area (Å²) in [6, 6.07) is 4.15. The lowest BCUT2D eigenvalue weighted by Gasteiger charge is -2.35. The molecule has 2 saturated heterocycles. The van der Waals surface area contributed by atoms with E-state index in [1.165, 1.54) is 0 Å². The Hall–Kier alpha value is -2.26. The second-order valence-electron chi connectivity index (χ2n) is 6.47. The molecule has 134 valence electrons. The number of anilines is 2. The fourth-order valence-corrected chi connectivity index (χ4v) is 3.23. The summed E-state index contributed by atoms with van der Waals surface area (Å²) in [5.74, 6) is 2.89. The molecule has 9 nitrogen and oxygen atoms in total. The van der Waals surface area contributed by atoms with Gasteiger partial charge in [0.15, 0.2) is 11.6 Å². The van der Waals surface area contributed by atoms with Gasteiger partial charge in [0.05, 0.1) is 19.8 Å². The molecule has 25 heavy (non-hydrogen) atoms. The van der Waals surface area contributed by atoms with Gasteiger partial charge in [-0.3, -0.25) is 4.90 Å². The van der Waals surface area contributed by atoms with E-state index in [1.54, 1.807) is 6.33 Å². The second kappa shape index (κ2) is 7.32. The smallest absolute Gasteiger partial charge is 0.151 e.